The van der Waals surface area contributed by atoms with Crippen molar-refractivity contribution in [1.82, 2.24) is 15.0 Å². The minimum atomic E-state index is -1.13. The van der Waals surface area contributed by atoms with Crippen LogP contribution in [-0.2, 0) is 5.60 Å². The summed E-state index contributed by atoms with van der Waals surface area (Å²) in [6.07, 6.45) is 3.38. The molecule has 1 atom stereocenters. The van der Waals surface area contributed by atoms with Crippen LogP contribution in [0, 0.1) is 19.7 Å². The number of aromatic nitrogens is 3. The van der Waals surface area contributed by atoms with Gasteiger partial charge in [0, 0.05) is 28.9 Å². The van der Waals surface area contributed by atoms with E-state index in [1.807, 2.05) is 75.4 Å². The van der Waals surface area contributed by atoms with E-state index >= 15 is 4.39 Å². The van der Waals surface area contributed by atoms with Crippen molar-refractivity contribution in [3.8, 4) is 22.3 Å². The summed E-state index contributed by atoms with van der Waals surface area (Å²) in [5.74, 6) is 0.0711. The lowest BCUT2D eigenvalue weighted by Crippen LogP contribution is -2.19. The Bertz CT molecular complexity index is 1670. The van der Waals surface area contributed by atoms with Gasteiger partial charge in [-0.15, -0.1) is 0 Å². The number of nitrogens with one attached hydrogen (secondary N) is 1. The second kappa shape index (κ2) is 10.4. The number of hydrogen-bond acceptors (Lipinski definition) is 5. The van der Waals surface area contributed by atoms with Crippen LogP contribution in [0.1, 0.15) is 49.5 Å². The van der Waals surface area contributed by atoms with Crippen molar-refractivity contribution in [2.75, 3.05) is 5.32 Å². The van der Waals surface area contributed by atoms with E-state index in [1.165, 1.54) is 6.07 Å². The Balaban J connectivity index is 1.57. The lowest BCUT2D eigenvalue weighted by molar-refractivity contribution is 0.0687. The fraction of sp³-hybridized carbons (Fsp3) is 0.219. The molecule has 2 aromatic heterocycles. The van der Waals surface area contributed by atoms with Gasteiger partial charge in [0.05, 0.1) is 28.0 Å². The number of halogens is 2. The van der Waals surface area contributed by atoms with Gasteiger partial charge in [-0.05, 0) is 75.1 Å². The Labute approximate surface area is 232 Å². The number of rotatable bonds is 6. The summed E-state index contributed by atoms with van der Waals surface area (Å²) < 4.78 is 15.3. The van der Waals surface area contributed by atoms with E-state index in [2.05, 4.69) is 20.3 Å². The molecule has 3 aromatic carbocycles. The van der Waals surface area contributed by atoms with Gasteiger partial charge in [-0.25, -0.2) is 14.4 Å². The number of anilines is 1. The highest BCUT2D eigenvalue weighted by Crippen LogP contribution is 2.39. The van der Waals surface area contributed by atoms with Crippen LogP contribution in [0.15, 0.2) is 73.1 Å². The highest BCUT2D eigenvalue weighted by atomic mass is 35.5. The average molecular weight is 541 g/mol. The number of hydrogen-bond donors (Lipinski definition) is 2. The first-order valence-corrected chi connectivity index (χ1v) is 13.2. The molecule has 0 spiro atoms. The molecule has 0 radical (unpaired) electrons. The first-order chi connectivity index (χ1) is 18.5. The molecule has 0 unspecified atom stereocenters. The minimum Gasteiger partial charge on any atom is -0.382 e. The maximum atomic E-state index is 15.3. The molecule has 7 heteroatoms. The molecule has 0 aliphatic rings. The van der Waals surface area contributed by atoms with E-state index in [9.17, 15) is 5.11 Å². The number of nitrogens with zero attached hydrogens (tertiary/aromatic N) is 3. The van der Waals surface area contributed by atoms with Gasteiger partial charge in [0.15, 0.2) is 5.82 Å². The quantitative estimate of drug-likeness (QED) is 0.227. The predicted molar refractivity (Wildman–Crippen MR) is 156 cm³/mol. The fourth-order valence-electron chi connectivity index (χ4n) is 4.92. The standard InChI is InChI=1S/C32H30ClFN4O/c1-18-24(21-9-7-6-8-10-21)12-13-26(34)28(18)19(2)38-30-25-15-22(11-14-27(25)37-20(3)29(30)33)23-16-35-31(36-17-23)32(4,5)39/h6-17,19,39H,1-5H3,(H,37,38)/t19-/m1/s1. The first-order valence-electron chi connectivity index (χ1n) is 12.8. The largest absolute Gasteiger partial charge is 0.382 e. The van der Waals surface area contributed by atoms with Crippen molar-refractivity contribution >= 4 is 28.2 Å². The molecule has 0 saturated carbocycles. The summed E-state index contributed by atoms with van der Waals surface area (Å²) >= 11 is 6.81. The minimum absolute atomic E-state index is 0.275. The smallest absolute Gasteiger partial charge is 0.159 e. The van der Waals surface area contributed by atoms with Gasteiger partial charge in [0.25, 0.3) is 0 Å². The van der Waals surface area contributed by atoms with E-state index in [4.69, 9.17) is 11.6 Å². The van der Waals surface area contributed by atoms with Gasteiger partial charge in [-0.2, -0.15) is 0 Å². The second-order valence-corrected chi connectivity index (χ2v) is 10.7. The molecule has 2 N–H and O–H groups in total. The first kappa shape index (κ1) is 26.7. The number of aryl methyl sites for hydroxylation is 1. The van der Waals surface area contributed by atoms with Crippen LogP contribution in [-0.4, -0.2) is 20.1 Å². The van der Waals surface area contributed by atoms with Gasteiger partial charge < -0.3 is 10.4 Å². The molecule has 5 nitrogen and oxygen atoms in total. The van der Waals surface area contributed by atoms with Crippen LogP contribution >= 0.6 is 11.6 Å². The van der Waals surface area contributed by atoms with Crippen molar-refractivity contribution in [3.05, 3.63) is 107 Å². The molecule has 39 heavy (non-hydrogen) atoms. The zero-order valence-electron chi connectivity index (χ0n) is 22.6. The SMILES string of the molecule is Cc1nc2ccc(-c3cnc(C(C)(C)O)nc3)cc2c(N[C@H](C)c2c(F)ccc(-c3ccccc3)c2C)c1Cl. The molecule has 0 aliphatic heterocycles. The van der Waals surface area contributed by atoms with Gasteiger partial charge in [0.2, 0.25) is 0 Å². The van der Waals surface area contributed by atoms with Crippen molar-refractivity contribution in [2.24, 2.45) is 0 Å². The van der Waals surface area contributed by atoms with Crippen molar-refractivity contribution < 1.29 is 9.50 Å². The lowest BCUT2D eigenvalue weighted by atomic mass is 9.92. The summed E-state index contributed by atoms with van der Waals surface area (Å²) in [6.45, 7) is 9.04. The Morgan fingerprint density at radius 1 is 0.923 bits per heavy atom. The van der Waals surface area contributed by atoms with E-state index < -0.39 is 5.60 Å². The zero-order valence-corrected chi connectivity index (χ0v) is 23.3. The third kappa shape index (κ3) is 5.22. The van der Waals surface area contributed by atoms with E-state index in [-0.39, 0.29) is 11.9 Å². The molecule has 0 fully saturated rings. The normalized spacial score (nSPS) is 12.5. The summed E-state index contributed by atoms with van der Waals surface area (Å²) in [5.41, 5.74) is 6.14. The molecule has 198 valence electrons. The Morgan fingerprint density at radius 3 is 2.28 bits per heavy atom. The number of fused-ring (bicyclic) bond motifs is 1. The summed E-state index contributed by atoms with van der Waals surface area (Å²) in [5, 5.41) is 15.0. The highest BCUT2D eigenvalue weighted by Gasteiger charge is 2.22. The van der Waals surface area contributed by atoms with E-state index in [1.54, 1.807) is 26.2 Å². The third-order valence-electron chi connectivity index (χ3n) is 6.96. The van der Waals surface area contributed by atoms with Crippen LogP contribution in [0.3, 0.4) is 0 Å². The Morgan fingerprint density at radius 2 is 1.62 bits per heavy atom. The van der Waals surface area contributed by atoms with Crippen molar-refractivity contribution in [1.29, 1.82) is 0 Å². The third-order valence-corrected chi connectivity index (χ3v) is 7.43. The Kier molecular flexibility index (Phi) is 7.10. The molecule has 0 saturated heterocycles. The number of benzene rings is 3. The molecule has 0 amide bonds. The Hall–Kier alpha value is -3.87. The fourth-order valence-corrected chi connectivity index (χ4v) is 5.12. The van der Waals surface area contributed by atoms with Gasteiger partial charge in [0.1, 0.15) is 11.4 Å². The number of aliphatic hydroxyl groups is 1. The van der Waals surface area contributed by atoms with E-state index in [0.717, 1.165) is 38.7 Å². The highest BCUT2D eigenvalue weighted by molar-refractivity contribution is 6.35. The van der Waals surface area contributed by atoms with E-state index in [0.29, 0.717) is 27.8 Å². The number of pyridine rings is 1. The maximum absolute atomic E-state index is 15.3. The molecule has 0 bridgehead atoms. The molecule has 5 rings (SSSR count). The molecule has 5 aromatic rings. The predicted octanol–water partition coefficient (Wildman–Crippen LogP) is 8.17. The molecule has 2 heterocycles. The maximum Gasteiger partial charge on any atom is 0.159 e. The zero-order chi connectivity index (χ0) is 27.9. The molecular formula is C32H30ClFN4O. The summed E-state index contributed by atoms with van der Waals surface area (Å²) in [7, 11) is 0. The second-order valence-electron chi connectivity index (χ2n) is 10.3. The van der Waals surface area contributed by atoms with Gasteiger partial charge in [-0.1, -0.05) is 54.1 Å². The van der Waals surface area contributed by atoms with Crippen LogP contribution < -0.4 is 5.32 Å². The van der Waals surface area contributed by atoms with Crippen molar-refractivity contribution in [2.45, 2.75) is 46.3 Å². The average Bonchev–Trinajstić information content (AvgIpc) is 2.91. The van der Waals surface area contributed by atoms with Gasteiger partial charge in [-0.3, -0.25) is 4.98 Å². The van der Waals surface area contributed by atoms with Gasteiger partial charge >= 0.3 is 0 Å². The van der Waals surface area contributed by atoms with Crippen LogP contribution in [0.2, 0.25) is 5.02 Å². The molecule has 0 aliphatic carbocycles. The summed E-state index contributed by atoms with van der Waals surface area (Å²) in [6, 6.07) is 18.8. The van der Waals surface area contributed by atoms with Crippen LogP contribution in [0.5, 0.6) is 0 Å². The monoisotopic (exact) mass is 540 g/mol. The van der Waals surface area contributed by atoms with Crippen LogP contribution in [0.25, 0.3) is 33.2 Å². The van der Waals surface area contributed by atoms with Crippen molar-refractivity contribution in [3.63, 3.8) is 0 Å². The lowest BCUT2D eigenvalue weighted by Gasteiger charge is -2.23. The summed E-state index contributed by atoms with van der Waals surface area (Å²) in [4.78, 5) is 13.4. The van der Waals surface area contributed by atoms with Crippen LogP contribution in [0.4, 0.5) is 10.1 Å². The topological polar surface area (TPSA) is 70.9 Å². The molecular weight excluding hydrogens is 511 g/mol.